The second-order valence-electron chi connectivity index (χ2n) is 8.92. The van der Waals surface area contributed by atoms with E-state index in [4.69, 9.17) is 11.6 Å². The Hall–Kier alpha value is -3.35. The molecule has 1 N–H and O–H groups in total. The smallest absolute Gasteiger partial charge is 0.255 e. The second-order valence-corrected chi connectivity index (χ2v) is 11.2. The highest BCUT2D eigenvalue weighted by molar-refractivity contribution is 7.92. The molecule has 178 valence electrons. The predicted octanol–water partition coefficient (Wildman–Crippen LogP) is 6.12. The molecule has 7 heteroatoms. The summed E-state index contributed by atoms with van der Waals surface area (Å²) < 4.78 is 26.4. The fourth-order valence-corrected chi connectivity index (χ4v) is 5.83. The molecule has 0 heterocycles. The zero-order chi connectivity index (χ0) is 24.7. The number of sulfonamides is 1. The molecule has 1 amide bonds. The van der Waals surface area contributed by atoms with Crippen LogP contribution < -0.4 is 9.62 Å². The van der Waals surface area contributed by atoms with Crippen LogP contribution in [0.1, 0.15) is 32.6 Å². The van der Waals surface area contributed by atoms with Gasteiger partial charge in [0.1, 0.15) is 0 Å². The van der Waals surface area contributed by atoms with Gasteiger partial charge in [-0.2, -0.15) is 0 Å². The number of carbonyl (C=O) groups excluding carboxylic acids is 1. The normalized spacial score (nSPS) is 12.7. The topological polar surface area (TPSA) is 66.5 Å². The Kier molecular flexibility index (Phi) is 6.03. The van der Waals surface area contributed by atoms with Crippen molar-refractivity contribution in [1.82, 2.24) is 0 Å². The van der Waals surface area contributed by atoms with E-state index in [1.54, 1.807) is 49.4 Å². The quantitative estimate of drug-likeness (QED) is 0.344. The van der Waals surface area contributed by atoms with Gasteiger partial charge >= 0.3 is 0 Å². The summed E-state index contributed by atoms with van der Waals surface area (Å²) in [6, 6.07) is 22.5. The summed E-state index contributed by atoms with van der Waals surface area (Å²) in [5.74, 6) is -0.207. The van der Waals surface area contributed by atoms with Crippen LogP contribution >= 0.6 is 11.6 Å². The Morgan fingerprint density at radius 3 is 2.34 bits per heavy atom. The van der Waals surface area contributed by atoms with Crippen molar-refractivity contribution in [3.05, 3.63) is 106 Å². The predicted molar refractivity (Wildman–Crippen MR) is 143 cm³/mol. The Morgan fingerprint density at radius 2 is 1.63 bits per heavy atom. The zero-order valence-electron chi connectivity index (χ0n) is 19.5. The van der Waals surface area contributed by atoms with Gasteiger partial charge in [0.15, 0.2) is 0 Å². The highest BCUT2D eigenvalue weighted by Gasteiger charge is 2.21. The van der Waals surface area contributed by atoms with Crippen molar-refractivity contribution in [2.75, 3.05) is 15.9 Å². The molecule has 0 radical (unpaired) electrons. The molecule has 1 aliphatic carbocycles. The summed E-state index contributed by atoms with van der Waals surface area (Å²) in [6.45, 7) is 1.93. The van der Waals surface area contributed by atoms with E-state index in [-0.39, 0.29) is 12.5 Å². The monoisotopic (exact) mass is 504 g/mol. The van der Waals surface area contributed by atoms with Crippen molar-refractivity contribution in [1.29, 1.82) is 0 Å². The van der Waals surface area contributed by atoms with E-state index in [1.807, 2.05) is 18.2 Å². The van der Waals surface area contributed by atoms with Crippen LogP contribution in [0.5, 0.6) is 0 Å². The average molecular weight is 505 g/mol. The largest absolute Gasteiger partial charge is 0.321 e. The molecule has 35 heavy (non-hydrogen) atoms. The Bertz CT molecular complexity index is 1550. The van der Waals surface area contributed by atoms with Gasteiger partial charge in [0.05, 0.1) is 18.5 Å². The van der Waals surface area contributed by atoms with Crippen LogP contribution in [-0.4, -0.2) is 20.6 Å². The molecule has 4 aromatic rings. The van der Waals surface area contributed by atoms with Crippen LogP contribution in [0.2, 0.25) is 5.02 Å². The number of hydrogen-bond donors (Lipinski definition) is 1. The van der Waals surface area contributed by atoms with Crippen LogP contribution in [0.4, 0.5) is 11.4 Å². The lowest BCUT2D eigenvalue weighted by atomic mass is 10.0. The minimum absolute atomic E-state index is 0.136. The van der Waals surface area contributed by atoms with Gasteiger partial charge in [-0.1, -0.05) is 54.1 Å². The minimum atomic E-state index is -3.55. The first-order valence-corrected chi connectivity index (χ1v) is 13.6. The van der Waals surface area contributed by atoms with Gasteiger partial charge in [0, 0.05) is 21.7 Å². The van der Waals surface area contributed by atoms with Crippen LogP contribution in [0.3, 0.4) is 0 Å². The number of nitrogens with zero attached hydrogens (tertiary/aromatic N) is 1. The summed E-state index contributed by atoms with van der Waals surface area (Å²) in [7, 11) is -3.55. The summed E-state index contributed by atoms with van der Waals surface area (Å²) in [5.41, 5.74) is 5.93. The molecular formula is C28H25ClN2O3S. The van der Waals surface area contributed by atoms with Crippen LogP contribution in [0, 0.1) is 6.92 Å². The first-order valence-electron chi connectivity index (χ1n) is 11.4. The lowest BCUT2D eigenvalue weighted by Gasteiger charge is -2.24. The van der Waals surface area contributed by atoms with Gasteiger partial charge in [-0.25, -0.2) is 8.42 Å². The van der Waals surface area contributed by atoms with Crippen LogP contribution in [0.15, 0.2) is 72.8 Å². The fraction of sp³-hybridized carbons (Fsp3) is 0.179. The highest BCUT2D eigenvalue weighted by Crippen LogP contribution is 2.35. The van der Waals surface area contributed by atoms with Crippen molar-refractivity contribution in [3.8, 4) is 0 Å². The molecule has 0 atom stereocenters. The first-order chi connectivity index (χ1) is 16.7. The van der Waals surface area contributed by atoms with Crippen molar-refractivity contribution in [2.45, 2.75) is 26.3 Å². The fourth-order valence-electron chi connectivity index (χ4n) is 4.73. The van der Waals surface area contributed by atoms with Crippen molar-refractivity contribution in [3.63, 3.8) is 0 Å². The molecule has 0 unspecified atom stereocenters. The minimum Gasteiger partial charge on any atom is -0.321 e. The number of benzene rings is 4. The van der Waals surface area contributed by atoms with Crippen LogP contribution in [0.25, 0.3) is 10.8 Å². The molecule has 4 aromatic carbocycles. The molecule has 0 saturated carbocycles. The molecule has 0 fully saturated rings. The standard InChI is InChI=1S/C28H25ClN2O3S/c1-18-24(29)7-4-8-26(18)31(35(2,33)34)17-19-9-11-22(12-10-19)28(32)30-25-16-15-21-14-13-20-5-3-6-23(25)27(20)21/h3-12,15-16H,13-14,17H2,1-2H3,(H,30,32). The van der Waals surface area contributed by atoms with E-state index in [1.165, 1.54) is 27.1 Å². The molecule has 1 aliphatic rings. The molecule has 5 nitrogen and oxygen atoms in total. The third-order valence-electron chi connectivity index (χ3n) is 6.58. The van der Waals surface area contributed by atoms with E-state index in [9.17, 15) is 13.2 Å². The molecule has 0 saturated heterocycles. The number of nitrogens with one attached hydrogen (secondary N) is 1. The van der Waals surface area contributed by atoms with E-state index >= 15 is 0 Å². The van der Waals surface area contributed by atoms with Crippen LogP contribution in [-0.2, 0) is 29.4 Å². The molecule has 0 aromatic heterocycles. The first kappa shape index (κ1) is 23.4. The molecule has 0 bridgehead atoms. The Labute approximate surface area is 210 Å². The maximum atomic E-state index is 13.0. The maximum Gasteiger partial charge on any atom is 0.255 e. The Balaban J connectivity index is 1.38. The number of rotatable bonds is 6. The van der Waals surface area contributed by atoms with Gasteiger partial charge in [-0.3, -0.25) is 9.10 Å². The summed E-state index contributed by atoms with van der Waals surface area (Å²) in [5, 5.41) is 5.86. The van der Waals surface area contributed by atoms with E-state index in [0.29, 0.717) is 21.8 Å². The summed E-state index contributed by atoms with van der Waals surface area (Å²) >= 11 is 6.22. The number of halogens is 1. The van der Waals surface area contributed by atoms with E-state index in [0.717, 1.165) is 29.5 Å². The average Bonchev–Trinajstić information content (AvgIpc) is 3.25. The van der Waals surface area contributed by atoms with Crippen molar-refractivity contribution >= 4 is 49.7 Å². The lowest BCUT2D eigenvalue weighted by molar-refractivity contribution is 0.102. The number of aryl methyl sites for hydroxylation is 2. The van der Waals surface area contributed by atoms with Gasteiger partial charge in [0.25, 0.3) is 5.91 Å². The lowest BCUT2D eigenvalue weighted by Crippen LogP contribution is -2.30. The third kappa shape index (κ3) is 4.51. The van der Waals surface area contributed by atoms with Crippen molar-refractivity contribution in [2.24, 2.45) is 0 Å². The molecule has 0 aliphatic heterocycles. The highest BCUT2D eigenvalue weighted by atomic mass is 35.5. The van der Waals surface area contributed by atoms with Gasteiger partial charge < -0.3 is 5.32 Å². The zero-order valence-corrected chi connectivity index (χ0v) is 21.1. The second kappa shape index (κ2) is 9.02. The molecule has 5 rings (SSSR count). The van der Waals surface area contributed by atoms with E-state index < -0.39 is 10.0 Å². The third-order valence-corrected chi connectivity index (χ3v) is 8.11. The van der Waals surface area contributed by atoms with Crippen molar-refractivity contribution < 1.29 is 13.2 Å². The van der Waals surface area contributed by atoms with Gasteiger partial charge in [-0.05, 0) is 77.7 Å². The number of hydrogen-bond acceptors (Lipinski definition) is 3. The summed E-state index contributed by atoms with van der Waals surface area (Å²) in [6.07, 6.45) is 3.24. The Morgan fingerprint density at radius 1 is 0.943 bits per heavy atom. The summed E-state index contributed by atoms with van der Waals surface area (Å²) in [4.78, 5) is 13.0. The van der Waals surface area contributed by atoms with Gasteiger partial charge in [0.2, 0.25) is 10.0 Å². The maximum absolute atomic E-state index is 13.0. The van der Waals surface area contributed by atoms with Gasteiger partial charge in [-0.15, -0.1) is 0 Å². The molecular weight excluding hydrogens is 480 g/mol. The SMILES string of the molecule is Cc1c(Cl)cccc1N(Cc1ccc(C(=O)Nc2ccc3c4c(cccc24)CC3)cc1)S(C)(=O)=O. The number of amides is 1. The number of carbonyl (C=O) groups is 1. The van der Waals surface area contributed by atoms with E-state index in [2.05, 4.69) is 17.4 Å². The molecule has 0 spiro atoms. The number of anilines is 2.